The van der Waals surface area contributed by atoms with Gasteiger partial charge in [0.05, 0.1) is 0 Å². The molecule has 0 saturated heterocycles. The van der Waals surface area contributed by atoms with Gasteiger partial charge in [0.15, 0.2) is 0 Å². The standard InChI is InChI=1S/C10H21N/c1-9(8-11)7-10-5-3-2-4-6-10/h9-10H,2-8,11H2,1H3/t9-/m1/s1. The van der Waals surface area contributed by atoms with Gasteiger partial charge in [-0.1, -0.05) is 39.0 Å². The lowest BCUT2D eigenvalue weighted by molar-refractivity contribution is 0.299. The third-order valence-electron chi connectivity index (χ3n) is 2.86. The summed E-state index contributed by atoms with van der Waals surface area (Å²) in [5.41, 5.74) is 5.59. The molecule has 0 amide bonds. The fraction of sp³-hybridized carbons (Fsp3) is 1.00. The van der Waals surface area contributed by atoms with E-state index in [1.54, 1.807) is 0 Å². The molecule has 0 aromatic rings. The van der Waals surface area contributed by atoms with Crippen LogP contribution in [0.15, 0.2) is 0 Å². The third-order valence-corrected chi connectivity index (χ3v) is 2.86. The molecule has 0 heterocycles. The first-order chi connectivity index (χ1) is 5.33. The number of nitrogens with two attached hydrogens (primary N) is 1. The predicted molar refractivity (Wildman–Crippen MR) is 49.4 cm³/mol. The normalized spacial score (nSPS) is 23.5. The van der Waals surface area contributed by atoms with Crippen molar-refractivity contribution in [3.63, 3.8) is 0 Å². The van der Waals surface area contributed by atoms with E-state index in [9.17, 15) is 0 Å². The summed E-state index contributed by atoms with van der Waals surface area (Å²) in [6.07, 6.45) is 8.68. The van der Waals surface area contributed by atoms with E-state index in [1.165, 1.54) is 38.5 Å². The Morgan fingerprint density at radius 3 is 2.45 bits per heavy atom. The van der Waals surface area contributed by atoms with E-state index >= 15 is 0 Å². The topological polar surface area (TPSA) is 26.0 Å². The van der Waals surface area contributed by atoms with E-state index in [2.05, 4.69) is 6.92 Å². The first-order valence-corrected chi connectivity index (χ1v) is 5.03. The summed E-state index contributed by atoms with van der Waals surface area (Å²) in [5.74, 6) is 1.75. The van der Waals surface area contributed by atoms with Crippen molar-refractivity contribution in [3.8, 4) is 0 Å². The van der Waals surface area contributed by atoms with Crippen molar-refractivity contribution in [3.05, 3.63) is 0 Å². The summed E-state index contributed by atoms with van der Waals surface area (Å²) in [7, 11) is 0. The van der Waals surface area contributed by atoms with Crippen LogP contribution in [0.3, 0.4) is 0 Å². The van der Waals surface area contributed by atoms with Crippen LogP contribution in [-0.2, 0) is 0 Å². The van der Waals surface area contributed by atoms with E-state index in [4.69, 9.17) is 5.73 Å². The summed E-state index contributed by atoms with van der Waals surface area (Å²) in [5, 5.41) is 0. The lowest BCUT2D eigenvalue weighted by Gasteiger charge is -2.23. The van der Waals surface area contributed by atoms with Gasteiger partial charge in [0.1, 0.15) is 0 Å². The fourth-order valence-corrected chi connectivity index (χ4v) is 2.09. The van der Waals surface area contributed by atoms with E-state index < -0.39 is 0 Å². The molecule has 1 nitrogen and oxygen atoms in total. The minimum atomic E-state index is 0.748. The molecular formula is C10H21N. The molecule has 0 aromatic heterocycles. The highest BCUT2D eigenvalue weighted by atomic mass is 14.5. The van der Waals surface area contributed by atoms with E-state index in [-0.39, 0.29) is 0 Å². The van der Waals surface area contributed by atoms with E-state index in [0.29, 0.717) is 0 Å². The molecular weight excluding hydrogens is 134 g/mol. The molecule has 1 aliphatic carbocycles. The molecule has 1 atom stereocenters. The zero-order chi connectivity index (χ0) is 8.10. The molecule has 0 spiro atoms. The van der Waals surface area contributed by atoms with Crippen LogP contribution in [-0.4, -0.2) is 6.54 Å². The van der Waals surface area contributed by atoms with Gasteiger partial charge in [0.2, 0.25) is 0 Å². The van der Waals surface area contributed by atoms with Crippen molar-refractivity contribution in [2.75, 3.05) is 6.54 Å². The SMILES string of the molecule is C[C@@H](CN)CC1CCCCC1. The van der Waals surface area contributed by atoms with Gasteiger partial charge in [0.25, 0.3) is 0 Å². The highest BCUT2D eigenvalue weighted by Gasteiger charge is 2.15. The van der Waals surface area contributed by atoms with Crippen LogP contribution in [0.1, 0.15) is 45.4 Å². The summed E-state index contributed by atoms with van der Waals surface area (Å²) < 4.78 is 0. The zero-order valence-electron chi connectivity index (χ0n) is 7.68. The molecule has 1 fully saturated rings. The Morgan fingerprint density at radius 1 is 1.27 bits per heavy atom. The minimum Gasteiger partial charge on any atom is -0.330 e. The Kier molecular flexibility index (Phi) is 3.92. The summed E-state index contributed by atoms with van der Waals surface area (Å²) in [6, 6.07) is 0. The molecule has 0 aliphatic heterocycles. The Hall–Kier alpha value is -0.0400. The molecule has 1 saturated carbocycles. The number of rotatable bonds is 3. The highest BCUT2D eigenvalue weighted by Crippen LogP contribution is 2.28. The third kappa shape index (κ3) is 3.24. The first kappa shape index (κ1) is 9.05. The van der Waals surface area contributed by atoms with Crippen molar-refractivity contribution >= 4 is 0 Å². The molecule has 1 heteroatoms. The Balaban J connectivity index is 2.13. The van der Waals surface area contributed by atoms with Gasteiger partial charge in [-0.3, -0.25) is 0 Å². The summed E-state index contributed by atoms with van der Waals surface area (Å²) >= 11 is 0. The predicted octanol–water partition coefficient (Wildman–Crippen LogP) is 2.55. The molecule has 0 bridgehead atoms. The van der Waals surface area contributed by atoms with Crippen LogP contribution in [0.25, 0.3) is 0 Å². The maximum atomic E-state index is 5.59. The average molecular weight is 155 g/mol. The van der Waals surface area contributed by atoms with E-state index in [0.717, 1.165) is 18.4 Å². The van der Waals surface area contributed by atoms with Crippen molar-refractivity contribution < 1.29 is 0 Å². The van der Waals surface area contributed by atoms with Gasteiger partial charge in [-0.25, -0.2) is 0 Å². The minimum absolute atomic E-state index is 0.748. The molecule has 66 valence electrons. The molecule has 2 N–H and O–H groups in total. The van der Waals surface area contributed by atoms with Gasteiger partial charge in [0, 0.05) is 0 Å². The Labute approximate surface area is 70.4 Å². The Bertz CT molecular complexity index is 95.0. The molecule has 0 radical (unpaired) electrons. The van der Waals surface area contributed by atoms with Crippen molar-refractivity contribution in [2.45, 2.75) is 45.4 Å². The zero-order valence-corrected chi connectivity index (χ0v) is 7.68. The summed E-state index contributed by atoms with van der Waals surface area (Å²) in [4.78, 5) is 0. The molecule has 1 aliphatic rings. The molecule has 11 heavy (non-hydrogen) atoms. The summed E-state index contributed by atoms with van der Waals surface area (Å²) in [6.45, 7) is 3.14. The smallest absolute Gasteiger partial charge is 0.00514 e. The van der Waals surface area contributed by atoms with Crippen molar-refractivity contribution in [2.24, 2.45) is 17.6 Å². The van der Waals surface area contributed by atoms with Gasteiger partial charge in [-0.15, -0.1) is 0 Å². The largest absolute Gasteiger partial charge is 0.330 e. The van der Waals surface area contributed by atoms with Crippen LogP contribution in [0, 0.1) is 11.8 Å². The van der Waals surface area contributed by atoms with Crippen LogP contribution >= 0.6 is 0 Å². The highest BCUT2D eigenvalue weighted by molar-refractivity contribution is 4.68. The quantitative estimate of drug-likeness (QED) is 0.666. The van der Waals surface area contributed by atoms with Gasteiger partial charge in [-0.2, -0.15) is 0 Å². The Morgan fingerprint density at radius 2 is 1.91 bits per heavy atom. The van der Waals surface area contributed by atoms with Crippen LogP contribution in [0.2, 0.25) is 0 Å². The first-order valence-electron chi connectivity index (χ1n) is 5.03. The lowest BCUT2D eigenvalue weighted by atomic mass is 9.83. The van der Waals surface area contributed by atoms with Crippen molar-refractivity contribution in [1.29, 1.82) is 0 Å². The lowest BCUT2D eigenvalue weighted by Crippen LogP contribution is -2.16. The second-order valence-electron chi connectivity index (χ2n) is 4.08. The fourth-order valence-electron chi connectivity index (χ4n) is 2.09. The monoisotopic (exact) mass is 155 g/mol. The maximum Gasteiger partial charge on any atom is -0.00514 e. The molecule has 1 rings (SSSR count). The van der Waals surface area contributed by atoms with Gasteiger partial charge >= 0.3 is 0 Å². The van der Waals surface area contributed by atoms with E-state index in [1.807, 2.05) is 0 Å². The second kappa shape index (κ2) is 4.76. The molecule has 0 unspecified atom stereocenters. The van der Waals surface area contributed by atoms with Crippen LogP contribution < -0.4 is 5.73 Å². The number of hydrogen-bond donors (Lipinski definition) is 1. The van der Waals surface area contributed by atoms with Crippen molar-refractivity contribution in [1.82, 2.24) is 0 Å². The maximum absolute atomic E-state index is 5.59. The van der Waals surface area contributed by atoms with Crippen LogP contribution in [0.4, 0.5) is 0 Å². The average Bonchev–Trinajstić information content (AvgIpc) is 2.06. The van der Waals surface area contributed by atoms with Gasteiger partial charge < -0.3 is 5.73 Å². The number of hydrogen-bond acceptors (Lipinski definition) is 1. The molecule has 0 aromatic carbocycles. The van der Waals surface area contributed by atoms with Gasteiger partial charge in [-0.05, 0) is 24.8 Å². The van der Waals surface area contributed by atoms with Crippen LogP contribution in [0.5, 0.6) is 0 Å². The second-order valence-corrected chi connectivity index (χ2v) is 4.08.